The van der Waals surface area contributed by atoms with Crippen molar-refractivity contribution in [3.8, 4) is 0 Å². The summed E-state index contributed by atoms with van der Waals surface area (Å²) >= 11 is 5.47. The first-order valence-corrected chi connectivity index (χ1v) is 8.34. The Hall–Kier alpha value is -0.640. The molecule has 0 saturated carbocycles. The molecule has 1 aromatic carbocycles. The molecule has 102 valence electrons. The topological polar surface area (TPSA) is 12.0 Å². The third-order valence-corrected chi connectivity index (χ3v) is 5.11. The van der Waals surface area contributed by atoms with Crippen LogP contribution in [0.3, 0.4) is 0 Å². The monoisotopic (exact) mass is 337 g/mol. The van der Waals surface area contributed by atoms with E-state index in [2.05, 4.69) is 76.9 Å². The summed E-state index contributed by atoms with van der Waals surface area (Å²) in [6.45, 7) is 5.41. The predicted octanol–water partition coefficient (Wildman–Crippen LogP) is 4.83. The van der Waals surface area contributed by atoms with Crippen LogP contribution in [0.4, 0.5) is 0 Å². The first-order valence-electron chi connectivity index (χ1n) is 6.67. The molecule has 0 aliphatic carbocycles. The number of benzene rings is 1. The van der Waals surface area contributed by atoms with Crippen molar-refractivity contribution in [3.05, 3.63) is 56.7 Å². The molecular formula is C16H20BrNS. The van der Waals surface area contributed by atoms with E-state index in [9.17, 15) is 0 Å². The van der Waals surface area contributed by atoms with E-state index in [-0.39, 0.29) is 0 Å². The molecule has 2 rings (SSSR count). The third-order valence-electron chi connectivity index (χ3n) is 3.17. The Bertz CT molecular complexity index is 492. The van der Waals surface area contributed by atoms with Crippen molar-refractivity contribution < 1.29 is 0 Å². The Kier molecular flexibility index (Phi) is 5.61. The summed E-state index contributed by atoms with van der Waals surface area (Å²) < 4.78 is 1.24. The number of hydrogen-bond acceptors (Lipinski definition) is 2. The van der Waals surface area contributed by atoms with Gasteiger partial charge in [-0.15, -0.1) is 11.3 Å². The average molecular weight is 338 g/mol. The Morgan fingerprint density at radius 1 is 1.16 bits per heavy atom. The minimum atomic E-state index is 0.526. The lowest BCUT2D eigenvalue weighted by Gasteiger charge is -2.19. The molecule has 1 unspecified atom stereocenters. The zero-order valence-corrected chi connectivity index (χ0v) is 13.8. The van der Waals surface area contributed by atoms with Crippen LogP contribution in [-0.2, 0) is 6.42 Å². The second-order valence-electron chi connectivity index (χ2n) is 5.07. The molecule has 3 heteroatoms. The smallest absolute Gasteiger partial charge is 0.0314 e. The summed E-state index contributed by atoms with van der Waals surface area (Å²) in [6, 6.07) is 13.5. The largest absolute Gasteiger partial charge is 0.314 e. The predicted molar refractivity (Wildman–Crippen MR) is 88.0 cm³/mol. The fourth-order valence-electron chi connectivity index (χ4n) is 2.11. The highest BCUT2D eigenvalue weighted by Crippen LogP contribution is 2.29. The maximum Gasteiger partial charge on any atom is 0.0314 e. The zero-order valence-electron chi connectivity index (χ0n) is 11.4. The molecule has 0 aliphatic rings. The van der Waals surface area contributed by atoms with Crippen LogP contribution in [0.5, 0.6) is 0 Å². The molecule has 2 aromatic rings. The molecule has 0 spiro atoms. The highest BCUT2D eigenvalue weighted by Gasteiger charge is 2.15. The number of halogens is 1. The SMILES string of the molecule is CC(C)NCC(Cc1sccc1Br)c1ccccc1. The zero-order chi connectivity index (χ0) is 13.7. The molecule has 1 N–H and O–H groups in total. The molecule has 1 heterocycles. The van der Waals surface area contributed by atoms with Crippen molar-refractivity contribution in [2.24, 2.45) is 0 Å². The number of thiophene rings is 1. The summed E-state index contributed by atoms with van der Waals surface area (Å²) in [6.07, 6.45) is 1.09. The number of rotatable bonds is 6. The van der Waals surface area contributed by atoms with Crippen molar-refractivity contribution in [2.45, 2.75) is 32.2 Å². The molecule has 1 atom stereocenters. The standard InChI is InChI=1S/C16H20BrNS/c1-12(2)18-11-14(13-6-4-3-5-7-13)10-16-15(17)8-9-19-16/h3-9,12,14,18H,10-11H2,1-2H3. The van der Waals surface area contributed by atoms with Crippen molar-refractivity contribution in [1.82, 2.24) is 5.32 Å². The van der Waals surface area contributed by atoms with Crippen LogP contribution in [0.2, 0.25) is 0 Å². The van der Waals surface area contributed by atoms with E-state index in [1.54, 1.807) is 0 Å². The molecule has 0 saturated heterocycles. The minimum absolute atomic E-state index is 0.526. The van der Waals surface area contributed by atoms with E-state index >= 15 is 0 Å². The second-order valence-corrected chi connectivity index (χ2v) is 6.92. The van der Waals surface area contributed by atoms with Crippen LogP contribution in [0.1, 0.15) is 30.2 Å². The third kappa shape index (κ3) is 4.44. The lowest BCUT2D eigenvalue weighted by molar-refractivity contribution is 0.528. The van der Waals surface area contributed by atoms with Crippen LogP contribution < -0.4 is 5.32 Å². The maximum atomic E-state index is 3.64. The maximum absolute atomic E-state index is 3.64. The molecule has 0 aliphatic heterocycles. The molecular weight excluding hydrogens is 318 g/mol. The van der Waals surface area contributed by atoms with E-state index in [1.807, 2.05) is 11.3 Å². The molecule has 0 amide bonds. The molecule has 0 radical (unpaired) electrons. The Morgan fingerprint density at radius 3 is 2.47 bits per heavy atom. The molecule has 1 aromatic heterocycles. The van der Waals surface area contributed by atoms with Gasteiger partial charge in [0.05, 0.1) is 0 Å². The van der Waals surface area contributed by atoms with Gasteiger partial charge in [-0.2, -0.15) is 0 Å². The fraction of sp³-hybridized carbons (Fsp3) is 0.375. The van der Waals surface area contributed by atoms with Crippen molar-refractivity contribution >= 4 is 27.3 Å². The first-order chi connectivity index (χ1) is 9.16. The van der Waals surface area contributed by atoms with Gasteiger partial charge < -0.3 is 5.32 Å². The van der Waals surface area contributed by atoms with Crippen LogP contribution in [0, 0.1) is 0 Å². The summed E-state index contributed by atoms with van der Waals surface area (Å²) in [5.74, 6) is 0.526. The highest BCUT2D eigenvalue weighted by molar-refractivity contribution is 9.10. The lowest BCUT2D eigenvalue weighted by Crippen LogP contribution is -2.28. The van der Waals surface area contributed by atoms with E-state index in [1.165, 1.54) is 14.9 Å². The Labute approximate surface area is 128 Å². The van der Waals surface area contributed by atoms with Crippen LogP contribution >= 0.6 is 27.3 Å². The van der Waals surface area contributed by atoms with Gasteiger partial charge in [0.25, 0.3) is 0 Å². The van der Waals surface area contributed by atoms with Crippen molar-refractivity contribution in [1.29, 1.82) is 0 Å². The van der Waals surface area contributed by atoms with Crippen LogP contribution in [0.25, 0.3) is 0 Å². The first kappa shape index (κ1) is 14.8. The van der Waals surface area contributed by atoms with Crippen molar-refractivity contribution in [3.63, 3.8) is 0 Å². The minimum Gasteiger partial charge on any atom is -0.314 e. The van der Waals surface area contributed by atoms with Crippen LogP contribution in [-0.4, -0.2) is 12.6 Å². The van der Waals surface area contributed by atoms with E-state index < -0.39 is 0 Å². The van der Waals surface area contributed by atoms with Gasteiger partial charge >= 0.3 is 0 Å². The summed E-state index contributed by atoms with van der Waals surface area (Å²) in [5, 5.41) is 5.72. The van der Waals surface area contributed by atoms with Gasteiger partial charge in [-0.25, -0.2) is 0 Å². The van der Waals surface area contributed by atoms with Gasteiger partial charge in [0, 0.05) is 27.9 Å². The van der Waals surface area contributed by atoms with Crippen LogP contribution in [0.15, 0.2) is 46.3 Å². The molecule has 0 bridgehead atoms. The summed E-state index contributed by atoms with van der Waals surface area (Å²) in [7, 11) is 0. The van der Waals surface area contributed by atoms with E-state index in [0.29, 0.717) is 12.0 Å². The highest BCUT2D eigenvalue weighted by atomic mass is 79.9. The average Bonchev–Trinajstić information content (AvgIpc) is 2.81. The number of hydrogen-bond donors (Lipinski definition) is 1. The lowest BCUT2D eigenvalue weighted by atomic mass is 9.94. The van der Waals surface area contributed by atoms with Gasteiger partial charge in [0.2, 0.25) is 0 Å². The normalized spacial score (nSPS) is 12.8. The molecule has 1 nitrogen and oxygen atoms in total. The Morgan fingerprint density at radius 2 is 1.89 bits per heavy atom. The van der Waals surface area contributed by atoms with Crippen molar-refractivity contribution in [2.75, 3.05) is 6.54 Å². The van der Waals surface area contributed by atoms with Gasteiger partial charge in [0.15, 0.2) is 0 Å². The summed E-state index contributed by atoms with van der Waals surface area (Å²) in [5.41, 5.74) is 1.41. The molecule has 0 fully saturated rings. The van der Waals surface area contributed by atoms with Gasteiger partial charge in [0.1, 0.15) is 0 Å². The Balaban J connectivity index is 2.12. The van der Waals surface area contributed by atoms with E-state index in [0.717, 1.165) is 13.0 Å². The second kappa shape index (κ2) is 7.22. The number of nitrogens with one attached hydrogen (secondary N) is 1. The van der Waals surface area contributed by atoms with E-state index in [4.69, 9.17) is 0 Å². The van der Waals surface area contributed by atoms with Gasteiger partial charge in [-0.3, -0.25) is 0 Å². The summed E-state index contributed by atoms with van der Waals surface area (Å²) in [4.78, 5) is 1.43. The van der Waals surface area contributed by atoms with Gasteiger partial charge in [-0.1, -0.05) is 44.2 Å². The van der Waals surface area contributed by atoms with Gasteiger partial charge in [-0.05, 0) is 39.4 Å². The quantitative estimate of drug-likeness (QED) is 0.795. The fourth-order valence-corrected chi connectivity index (χ4v) is 3.70. The molecule has 19 heavy (non-hydrogen) atoms.